The molecule has 3 nitrogen and oxygen atoms in total. The minimum absolute atomic E-state index is 0.239. The van der Waals surface area contributed by atoms with Crippen molar-refractivity contribution >= 4 is 11.8 Å². The summed E-state index contributed by atoms with van der Waals surface area (Å²) >= 11 is 1.24. The second kappa shape index (κ2) is 7.09. The van der Waals surface area contributed by atoms with Gasteiger partial charge in [0, 0.05) is 6.54 Å². The van der Waals surface area contributed by atoms with Gasteiger partial charge in [-0.25, -0.2) is 9.37 Å². The molecule has 0 spiro atoms. The van der Waals surface area contributed by atoms with Gasteiger partial charge in [-0.2, -0.15) is 0 Å². The molecule has 0 saturated heterocycles. The molecule has 1 heterocycles. The smallest absolute Gasteiger partial charge is 0.261 e. The first kappa shape index (κ1) is 16.0. The van der Waals surface area contributed by atoms with Gasteiger partial charge in [-0.3, -0.25) is 0 Å². The summed E-state index contributed by atoms with van der Waals surface area (Å²) in [5, 5.41) is 3.83. The highest BCUT2D eigenvalue weighted by Crippen LogP contribution is 2.33. The fourth-order valence-electron chi connectivity index (χ4n) is 1.88. The van der Waals surface area contributed by atoms with Gasteiger partial charge in [0.05, 0.1) is 10.6 Å². The summed E-state index contributed by atoms with van der Waals surface area (Å²) in [6, 6.07) is 5.14. The Hall–Kier alpha value is -1.33. The van der Waals surface area contributed by atoms with E-state index in [-0.39, 0.29) is 5.82 Å². The van der Waals surface area contributed by atoms with Crippen LogP contribution in [-0.2, 0) is 6.54 Å². The highest BCUT2D eigenvalue weighted by Gasteiger charge is 2.14. The van der Waals surface area contributed by atoms with Gasteiger partial charge in [-0.1, -0.05) is 26.0 Å². The number of nitrogens with zero attached hydrogens (tertiary/aromatic N) is 1. The lowest BCUT2D eigenvalue weighted by atomic mass is 10.2. The number of benzene rings is 1. The quantitative estimate of drug-likeness (QED) is 0.862. The van der Waals surface area contributed by atoms with Crippen molar-refractivity contribution in [2.24, 2.45) is 5.92 Å². The van der Waals surface area contributed by atoms with Crippen LogP contribution in [0.5, 0.6) is 0 Å². The van der Waals surface area contributed by atoms with Crippen molar-refractivity contribution < 1.29 is 8.81 Å². The predicted molar refractivity (Wildman–Crippen MR) is 83.0 cm³/mol. The van der Waals surface area contributed by atoms with Crippen molar-refractivity contribution in [2.75, 3.05) is 6.54 Å². The molecule has 0 unspecified atom stereocenters. The van der Waals surface area contributed by atoms with Crippen LogP contribution in [0, 0.1) is 25.6 Å². The van der Waals surface area contributed by atoms with Gasteiger partial charge in [0.15, 0.2) is 0 Å². The molecule has 0 bridgehead atoms. The van der Waals surface area contributed by atoms with Crippen LogP contribution in [0.25, 0.3) is 0 Å². The highest BCUT2D eigenvalue weighted by molar-refractivity contribution is 7.99. The standard InChI is InChI=1S/C16H21FN2OS/c1-10(2)8-18-9-13-6-5-7-14(17)15(13)21-16-19-11(3)12(4)20-16/h5-7,10,18H,8-9H2,1-4H3. The SMILES string of the molecule is Cc1nc(Sc2c(F)cccc2CNCC(C)C)oc1C. The average molecular weight is 308 g/mol. The lowest BCUT2D eigenvalue weighted by Crippen LogP contribution is -2.19. The maximum atomic E-state index is 14.1. The fourth-order valence-corrected chi connectivity index (χ4v) is 2.84. The van der Waals surface area contributed by atoms with E-state index < -0.39 is 0 Å². The van der Waals surface area contributed by atoms with E-state index in [2.05, 4.69) is 24.1 Å². The average Bonchev–Trinajstić information content (AvgIpc) is 2.72. The Bertz CT molecular complexity index is 591. The summed E-state index contributed by atoms with van der Waals surface area (Å²) in [7, 11) is 0. The van der Waals surface area contributed by atoms with Crippen molar-refractivity contribution in [3.8, 4) is 0 Å². The summed E-state index contributed by atoms with van der Waals surface area (Å²) in [5.41, 5.74) is 1.77. The van der Waals surface area contributed by atoms with Gasteiger partial charge in [0.1, 0.15) is 11.6 Å². The molecule has 0 amide bonds. The van der Waals surface area contributed by atoms with Crippen LogP contribution >= 0.6 is 11.8 Å². The maximum Gasteiger partial charge on any atom is 0.261 e. The Labute approximate surface area is 129 Å². The Kier molecular flexibility index (Phi) is 5.42. The molecule has 5 heteroatoms. The molecule has 0 atom stereocenters. The van der Waals surface area contributed by atoms with Crippen LogP contribution in [0.1, 0.15) is 30.9 Å². The minimum Gasteiger partial charge on any atom is -0.436 e. The zero-order valence-electron chi connectivity index (χ0n) is 12.9. The van der Waals surface area contributed by atoms with Gasteiger partial charge < -0.3 is 9.73 Å². The maximum absolute atomic E-state index is 14.1. The molecule has 1 N–H and O–H groups in total. The van der Waals surface area contributed by atoms with Crippen LogP contribution in [0.3, 0.4) is 0 Å². The van der Waals surface area contributed by atoms with Crippen LogP contribution < -0.4 is 5.32 Å². The fraction of sp³-hybridized carbons (Fsp3) is 0.438. The molecule has 1 aromatic carbocycles. The van der Waals surface area contributed by atoms with E-state index in [1.165, 1.54) is 17.8 Å². The van der Waals surface area contributed by atoms with E-state index in [1.807, 2.05) is 19.9 Å². The van der Waals surface area contributed by atoms with Crippen molar-refractivity contribution in [3.05, 3.63) is 41.0 Å². The zero-order valence-corrected chi connectivity index (χ0v) is 13.7. The van der Waals surface area contributed by atoms with Crippen LogP contribution in [0.2, 0.25) is 0 Å². The number of aromatic nitrogens is 1. The van der Waals surface area contributed by atoms with E-state index in [4.69, 9.17) is 4.42 Å². The highest BCUT2D eigenvalue weighted by atomic mass is 32.2. The number of nitrogens with one attached hydrogen (secondary N) is 1. The Morgan fingerprint density at radius 2 is 2.10 bits per heavy atom. The first-order valence-corrected chi connectivity index (χ1v) is 7.89. The number of aryl methyl sites for hydroxylation is 2. The second-order valence-corrected chi connectivity index (χ2v) is 6.44. The number of hydrogen-bond donors (Lipinski definition) is 1. The lowest BCUT2D eigenvalue weighted by Gasteiger charge is -2.11. The number of hydrogen-bond acceptors (Lipinski definition) is 4. The molecule has 0 aliphatic heterocycles. The third-order valence-corrected chi connectivity index (χ3v) is 4.13. The molecule has 114 valence electrons. The summed E-state index contributed by atoms with van der Waals surface area (Å²) in [4.78, 5) is 4.88. The lowest BCUT2D eigenvalue weighted by molar-refractivity contribution is 0.430. The van der Waals surface area contributed by atoms with Crippen molar-refractivity contribution in [1.29, 1.82) is 0 Å². The summed E-state index contributed by atoms with van der Waals surface area (Å²) in [6.45, 7) is 9.57. The van der Waals surface area contributed by atoms with Gasteiger partial charge in [0.2, 0.25) is 0 Å². The minimum atomic E-state index is -0.239. The number of oxazole rings is 1. The molecule has 2 aromatic rings. The molecule has 0 radical (unpaired) electrons. The van der Waals surface area contributed by atoms with Gasteiger partial charge in [-0.15, -0.1) is 0 Å². The number of halogens is 1. The monoisotopic (exact) mass is 308 g/mol. The van der Waals surface area contributed by atoms with Gasteiger partial charge >= 0.3 is 0 Å². The molecule has 0 fully saturated rings. The van der Waals surface area contributed by atoms with E-state index in [1.54, 1.807) is 6.07 Å². The molecule has 0 aliphatic carbocycles. The Balaban J connectivity index is 2.17. The summed E-state index contributed by atoms with van der Waals surface area (Å²) in [6.07, 6.45) is 0. The van der Waals surface area contributed by atoms with Gasteiger partial charge in [0.25, 0.3) is 5.22 Å². The first-order chi connectivity index (χ1) is 9.97. The van der Waals surface area contributed by atoms with Gasteiger partial charge in [-0.05, 0) is 49.7 Å². The van der Waals surface area contributed by atoms with E-state index in [0.29, 0.717) is 22.6 Å². The molecule has 0 aliphatic rings. The molecule has 1 aromatic heterocycles. The first-order valence-electron chi connectivity index (χ1n) is 7.07. The molecule has 2 rings (SSSR count). The molecular weight excluding hydrogens is 287 g/mol. The summed E-state index contributed by atoms with van der Waals surface area (Å²) in [5.74, 6) is 1.09. The van der Waals surface area contributed by atoms with Crippen LogP contribution in [-0.4, -0.2) is 11.5 Å². The van der Waals surface area contributed by atoms with Crippen LogP contribution in [0.15, 0.2) is 32.7 Å². The molecule has 21 heavy (non-hydrogen) atoms. The Morgan fingerprint density at radius 3 is 2.71 bits per heavy atom. The molecule has 0 saturated carbocycles. The third kappa shape index (κ3) is 4.32. The van der Waals surface area contributed by atoms with E-state index in [0.717, 1.165) is 23.6 Å². The Morgan fingerprint density at radius 1 is 1.33 bits per heavy atom. The third-order valence-electron chi connectivity index (χ3n) is 3.11. The van der Waals surface area contributed by atoms with Crippen molar-refractivity contribution in [2.45, 2.75) is 44.4 Å². The summed E-state index contributed by atoms with van der Waals surface area (Å²) < 4.78 is 19.6. The number of rotatable bonds is 6. The van der Waals surface area contributed by atoms with E-state index in [9.17, 15) is 4.39 Å². The molecular formula is C16H21FN2OS. The van der Waals surface area contributed by atoms with Crippen molar-refractivity contribution in [1.82, 2.24) is 10.3 Å². The van der Waals surface area contributed by atoms with Crippen LogP contribution in [0.4, 0.5) is 4.39 Å². The zero-order chi connectivity index (χ0) is 15.4. The second-order valence-electron chi connectivity index (χ2n) is 5.48. The van der Waals surface area contributed by atoms with Crippen molar-refractivity contribution in [3.63, 3.8) is 0 Å². The predicted octanol–water partition coefficient (Wildman–Crippen LogP) is 4.33. The normalized spacial score (nSPS) is 11.3. The largest absolute Gasteiger partial charge is 0.436 e. The topological polar surface area (TPSA) is 38.1 Å². The van der Waals surface area contributed by atoms with E-state index >= 15 is 0 Å².